The van der Waals surface area contributed by atoms with Gasteiger partial charge in [-0.3, -0.25) is 9.89 Å². The molecule has 1 aromatic heterocycles. The molecule has 1 unspecified atom stereocenters. The lowest BCUT2D eigenvalue weighted by atomic mass is 9.94. The number of rotatable bonds is 6. The Hall–Kier alpha value is -2.21. The molecule has 1 N–H and O–H groups in total. The van der Waals surface area contributed by atoms with E-state index in [0.717, 1.165) is 37.6 Å². The van der Waals surface area contributed by atoms with E-state index >= 15 is 0 Å². The van der Waals surface area contributed by atoms with Gasteiger partial charge in [-0.2, -0.15) is 5.10 Å². The highest BCUT2D eigenvalue weighted by molar-refractivity contribution is 5.77. The number of aryl methyl sites for hydroxylation is 2. The highest BCUT2D eigenvalue weighted by atomic mass is 16.2. The summed E-state index contributed by atoms with van der Waals surface area (Å²) < 4.78 is 0. The molecule has 1 fully saturated rings. The lowest BCUT2D eigenvalue weighted by molar-refractivity contribution is -0.135. The summed E-state index contributed by atoms with van der Waals surface area (Å²) in [5, 5.41) is 6.97. The molecule has 6 nitrogen and oxygen atoms in total. The Morgan fingerprint density at radius 3 is 2.69 bits per heavy atom. The van der Waals surface area contributed by atoms with Crippen molar-refractivity contribution >= 4 is 5.91 Å². The third-order valence-corrected chi connectivity index (χ3v) is 4.89. The van der Waals surface area contributed by atoms with E-state index in [4.69, 9.17) is 0 Å². The third-order valence-electron chi connectivity index (χ3n) is 4.89. The summed E-state index contributed by atoms with van der Waals surface area (Å²) in [5.74, 6) is 1.72. The van der Waals surface area contributed by atoms with E-state index in [9.17, 15) is 4.79 Å². The first-order valence-electron chi connectivity index (χ1n) is 9.44. The Bertz CT molecular complexity index is 722. The van der Waals surface area contributed by atoms with Crippen LogP contribution in [-0.4, -0.2) is 51.5 Å². The SMILES string of the molecule is Cc1nc(CCC(=O)N2CCCCC2c2ccc(CN(C)C)cc2)n[nH]1. The number of nitrogens with one attached hydrogen (secondary N) is 1. The molecule has 1 saturated heterocycles. The smallest absolute Gasteiger partial charge is 0.223 e. The number of likely N-dealkylation sites (tertiary alicyclic amines) is 1. The number of carbonyl (C=O) groups is 1. The van der Waals surface area contributed by atoms with Gasteiger partial charge < -0.3 is 9.80 Å². The molecule has 0 aliphatic carbocycles. The molecule has 1 amide bonds. The number of nitrogens with zero attached hydrogens (tertiary/aromatic N) is 4. The standard InChI is InChI=1S/C20H29N5O/c1-15-21-19(23-22-15)11-12-20(26)25-13-5-4-6-18(25)17-9-7-16(8-10-17)14-24(2)3/h7-10,18H,4-6,11-14H2,1-3H3,(H,21,22,23). The second kappa shape index (κ2) is 8.45. The predicted molar refractivity (Wildman–Crippen MR) is 102 cm³/mol. The van der Waals surface area contributed by atoms with Crippen LogP contribution in [0.2, 0.25) is 0 Å². The van der Waals surface area contributed by atoms with Crippen LogP contribution in [0.5, 0.6) is 0 Å². The Morgan fingerprint density at radius 2 is 2.04 bits per heavy atom. The van der Waals surface area contributed by atoms with Crippen molar-refractivity contribution in [3.8, 4) is 0 Å². The van der Waals surface area contributed by atoms with Crippen LogP contribution in [-0.2, 0) is 17.8 Å². The van der Waals surface area contributed by atoms with E-state index < -0.39 is 0 Å². The zero-order valence-electron chi connectivity index (χ0n) is 16.0. The van der Waals surface area contributed by atoms with Crippen LogP contribution in [0.15, 0.2) is 24.3 Å². The van der Waals surface area contributed by atoms with E-state index in [1.165, 1.54) is 17.5 Å². The fraction of sp³-hybridized carbons (Fsp3) is 0.550. The minimum absolute atomic E-state index is 0.193. The molecule has 3 rings (SSSR count). The van der Waals surface area contributed by atoms with E-state index in [1.54, 1.807) is 0 Å². The average molecular weight is 355 g/mol. The monoisotopic (exact) mass is 355 g/mol. The Kier molecular flexibility index (Phi) is 6.04. The first kappa shape index (κ1) is 18.6. The van der Waals surface area contributed by atoms with Crippen molar-refractivity contribution in [3.05, 3.63) is 47.0 Å². The maximum atomic E-state index is 12.8. The zero-order chi connectivity index (χ0) is 18.5. The van der Waals surface area contributed by atoms with Crippen molar-refractivity contribution in [1.29, 1.82) is 0 Å². The normalized spacial score (nSPS) is 17.7. The molecule has 0 saturated carbocycles. The molecule has 0 spiro atoms. The van der Waals surface area contributed by atoms with Gasteiger partial charge in [0.25, 0.3) is 0 Å². The van der Waals surface area contributed by atoms with Crippen LogP contribution in [0, 0.1) is 6.92 Å². The second-order valence-electron chi connectivity index (χ2n) is 7.42. The lowest BCUT2D eigenvalue weighted by Gasteiger charge is -2.36. The number of piperidine rings is 1. The number of hydrogen-bond donors (Lipinski definition) is 1. The Balaban J connectivity index is 1.65. The molecule has 1 aromatic carbocycles. The summed E-state index contributed by atoms with van der Waals surface area (Å²) >= 11 is 0. The molecule has 0 radical (unpaired) electrons. The van der Waals surface area contributed by atoms with Gasteiger partial charge in [0.05, 0.1) is 6.04 Å². The number of benzene rings is 1. The summed E-state index contributed by atoms with van der Waals surface area (Å²) in [6.07, 6.45) is 4.36. The fourth-order valence-corrected chi connectivity index (χ4v) is 3.65. The molecule has 0 bridgehead atoms. The summed E-state index contributed by atoms with van der Waals surface area (Å²) in [5.41, 5.74) is 2.54. The van der Waals surface area contributed by atoms with E-state index in [1.807, 2.05) is 6.92 Å². The molecule has 1 aliphatic rings. The van der Waals surface area contributed by atoms with Crippen molar-refractivity contribution in [2.75, 3.05) is 20.6 Å². The van der Waals surface area contributed by atoms with Crippen LogP contribution in [0.25, 0.3) is 0 Å². The van der Waals surface area contributed by atoms with Gasteiger partial charge in [0, 0.05) is 25.9 Å². The molecular weight excluding hydrogens is 326 g/mol. The zero-order valence-corrected chi connectivity index (χ0v) is 16.0. The maximum absolute atomic E-state index is 12.8. The minimum Gasteiger partial charge on any atom is -0.336 e. The Morgan fingerprint density at radius 1 is 1.27 bits per heavy atom. The number of H-pyrrole nitrogens is 1. The van der Waals surface area contributed by atoms with Gasteiger partial charge in [0.15, 0.2) is 5.82 Å². The lowest BCUT2D eigenvalue weighted by Crippen LogP contribution is -2.38. The highest BCUT2D eigenvalue weighted by Crippen LogP contribution is 2.31. The molecule has 6 heteroatoms. The summed E-state index contributed by atoms with van der Waals surface area (Å²) in [6.45, 7) is 3.65. The minimum atomic E-state index is 0.193. The Labute approximate surface area is 155 Å². The molecule has 2 aromatic rings. The van der Waals surface area contributed by atoms with Crippen molar-refractivity contribution in [2.24, 2.45) is 0 Å². The van der Waals surface area contributed by atoms with Gasteiger partial charge >= 0.3 is 0 Å². The van der Waals surface area contributed by atoms with Crippen molar-refractivity contribution in [1.82, 2.24) is 25.0 Å². The fourth-order valence-electron chi connectivity index (χ4n) is 3.65. The van der Waals surface area contributed by atoms with Crippen LogP contribution < -0.4 is 0 Å². The van der Waals surface area contributed by atoms with Gasteiger partial charge in [-0.25, -0.2) is 4.98 Å². The third kappa shape index (κ3) is 4.69. The topological polar surface area (TPSA) is 65.1 Å². The quantitative estimate of drug-likeness (QED) is 0.865. The second-order valence-corrected chi connectivity index (χ2v) is 7.42. The highest BCUT2D eigenvalue weighted by Gasteiger charge is 2.27. The maximum Gasteiger partial charge on any atom is 0.223 e. The van der Waals surface area contributed by atoms with E-state index in [2.05, 4.69) is 63.3 Å². The van der Waals surface area contributed by atoms with Gasteiger partial charge in [-0.1, -0.05) is 24.3 Å². The average Bonchev–Trinajstić information content (AvgIpc) is 3.05. The molecule has 2 heterocycles. The number of carbonyl (C=O) groups excluding carboxylic acids is 1. The van der Waals surface area contributed by atoms with Gasteiger partial charge in [0.2, 0.25) is 5.91 Å². The van der Waals surface area contributed by atoms with Crippen molar-refractivity contribution < 1.29 is 4.79 Å². The van der Waals surface area contributed by atoms with Gasteiger partial charge in [-0.05, 0) is 51.4 Å². The number of amides is 1. The summed E-state index contributed by atoms with van der Waals surface area (Å²) in [6, 6.07) is 8.94. The molecule has 140 valence electrons. The van der Waals surface area contributed by atoms with Crippen LogP contribution in [0.1, 0.15) is 54.5 Å². The van der Waals surface area contributed by atoms with Crippen molar-refractivity contribution in [2.45, 2.75) is 51.6 Å². The molecule has 1 aliphatic heterocycles. The number of aromatic nitrogens is 3. The van der Waals surface area contributed by atoms with Crippen LogP contribution in [0.4, 0.5) is 0 Å². The predicted octanol–water partition coefficient (Wildman–Crippen LogP) is 2.86. The van der Waals surface area contributed by atoms with Crippen LogP contribution in [0.3, 0.4) is 0 Å². The molecule has 26 heavy (non-hydrogen) atoms. The van der Waals surface area contributed by atoms with Crippen LogP contribution >= 0.6 is 0 Å². The first-order chi connectivity index (χ1) is 12.5. The summed E-state index contributed by atoms with van der Waals surface area (Å²) in [7, 11) is 4.15. The number of aromatic amines is 1. The van der Waals surface area contributed by atoms with E-state index in [0.29, 0.717) is 12.8 Å². The van der Waals surface area contributed by atoms with Gasteiger partial charge in [0.1, 0.15) is 5.82 Å². The van der Waals surface area contributed by atoms with Gasteiger partial charge in [-0.15, -0.1) is 0 Å². The van der Waals surface area contributed by atoms with E-state index in [-0.39, 0.29) is 11.9 Å². The largest absolute Gasteiger partial charge is 0.336 e. The molecule has 1 atom stereocenters. The molecular formula is C20H29N5O. The number of hydrogen-bond acceptors (Lipinski definition) is 4. The summed E-state index contributed by atoms with van der Waals surface area (Å²) in [4.78, 5) is 21.3. The first-order valence-corrected chi connectivity index (χ1v) is 9.44. The van der Waals surface area contributed by atoms with Crippen molar-refractivity contribution in [3.63, 3.8) is 0 Å².